The van der Waals surface area contributed by atoms with Crippen LogP contribution in [-0.2, 0) is 0 Å². The standard InChI is InChI=1S/C6H4ClNO2S.C2H6/c7-5-2-1-4(11)3-6(5)8(9)10;1-2/h1-3,11H;1-2H3. The molecule has 1 aromatic rings. The molecule has 0 aliphatic heterocycles. The number of benzene rings is 1. The molecule has 1 rings (SSSR count). The molecule has 0 amide bonds. The van der Waals surface area contributed by atoms with Crippen molar-refractivity contribution in [1.82, 2.24) is 0 Å². The number of hydrogen-bond acceptors (Lipinski definition) is 3. The molecule has 0 radical (unpaired) electrons. The molecule has 0 bridgehead atoms. The fourth-order valence-electron chi connectivity index (χ4n) is 0.641. The first kappa shape index (κ1) is 12.3. The number of nitro benzene ring substituents is 1. The van der Waals surface area contributed by atoms with Crippen molar-refractivity contribution in [3.05, 3.63) is 33.3 Å². The van der Waals surface area contributed by atoms with Crippen LogP contribution in [0.1, 0.15) is 13.8 Å². The first-order valence-electron chi connectivity index (χ1n) is 3.74. The van der Waals surface area contributed by atoms with E-state index in [1.807, 2.05) is 13.8 Å². The van der Waals surface area contributed by atoms with E-state index in [1.54, 1.807) is 6.07 Å². The quantitative estimate of drug-likeness (QED) is 0.446. The van der Waals surface area contributed by atoms with Crippen LogP contribution in [0.15, 0.2) is 23.1 Å². The van der Waals surface area contributed by atoms with Gasteiger partial charge >= 0.3 is 0 Å². The van der Waals surface area contributed by atoms with Gasteiger partial charge in [-0.15, -0.1) is 12.6 Å². The lowest BCUT2D eigenvalue weighted by Gasteiger charge is -1.94. The molecule has 1 aromatic carbocycles. The van der Waals surface area contributed by atoms with Crippen LogP contribution in [0.5, 0.6) is 0 Å². The summed E-state index contributed by atoms with van der Waals surface area (Å²) >= 11 is 9.45. The highest BCUT2D eigenvalue weighted by Gasteiger charge is 2.10. The Morgan fingerprint density at radius 1 is 1.46 bits per heavy atom. The van der Waals surface area contributed by atoms with Gasteiger partial charge in [-0.25, -0.2) is 0 Å². The van der Waals surface area contributed by atoms with Crippen LogP contribution in [0.4, 0.5) is 5.69 Å². The Bertz CT molecular complexity index is 304. The molecule has 0 atom stereocenters. The maximum absolute atomic E-state index is 10.3. The minimum atomic E-state index is -0.540. The van der Waals surface area contributed by atoms with Gasteiger partial charge in [-0.1, -0.05) is 25.4 Å². The second-order valence-corrected chi connectivity index (χ2v) is 2.82. The molecule has 0 saturated carbocycles. The average molecular weight is 220 g/mol. The van der Waals surface area contributed by atoms with Gasteiger partial charge in [0.1, 0.15) is 5.02 Å². The minimum Gasteiger partial charge on any atom is -0.258 e. The summed E-state index contributed by atoms with van der Waals surface area (Å²) in [6.07, 6.45) is 0. The van der Waals surface area contributed by atoms with E-state index in [-0.39, 0.29) is 10.7 Å². The van der Waals surface area contributed by atoms with Gasteiger partial charge in [0, 0.05) is 11.0 Å². The summed E-state index contributed by atoms with van der Waals surface area (Å²) in [5.41, 5.74) is -0.112. The fourth-order valence-corrected chi connectivity index (χ4v) is 1.02. The molecule has 0 aliphatic rings. The molecular formula is C8H10ClNO2S. The SMILES string of the molecule is CC.O=[N+]([O-])c1cc(S)ccc1Cl. The van der Waals surface area contributed by atoms with Crippen LogP contribution in [0.2, 0.25) is 5.02 Å². The average Bonchev–Trinajstić information content (AvgIpc) is 2.12. The molecule has 0 unspecified atom stereocenters. The Morgan fingerprint density at radius 2 is 2.00 bits per heavy atom. The Kier molecular flexibility index (Phi) is 5.50. The zero-order chi connectivity index (χ0) is 10.4. The summed E-state index contributed by atoms with van der Waals surface area (Å²) in [5, 5.41) is 10.4. The van der Waals surface area contributed by atoms with Crippen LogP contribution < -0.4 is 0 Å². The van der Waals surface area contributed by atoms with E-state index < -0.39 is 4.92 Å². The monoisotopic (exact) mass is 219 g/mol. The van der Waals surface area contributed by atoms with Gasteiger partial charge in [0.05, 0.1) is 4.92 Å². The molecule has 0 aromatic heterocycles. The molecule has 0 saturated heterocycles. The molecule has 0 fully saturated rings. The molecule has 72 valence electrons. The lowest BCUT2D eigenvalue weighted by molar-refractivity contribution is -0.384. The van der Waals surface area contributed by atoms with Gasteiger partial charge in [0.2, 0.25) is 0 Å². The third kappa shape index (κ3) is 3.65. The van der Waals surface area contributed by atoms with Crippen LogP contribution in [0, 0.1) is 10.1 Å². The zero-order valence-corrected chi connectivity index (χ0v) is 8.97. The Balaban J connectivity index is 0.000000671. The summed E-state index contributed by atoms with van der Waals surface area (Å²) in [5.74, 6) is 0. The minimum absolute atomic E-state index is 0.112. The maximum Gasteiger partial charge on any atom is 0.288 e. The van der Waals surface area contributed by atoms with Crippen molar-refractivity contribution in [2.75, 3.05) is 0 Å². The van der Waals surface area contributed by atoms with Crippen molar-refractivity contribution in [1.29, 1.82) is 0 Å². The zero-order valence-electron chi connectivity index (χ0n) is 7.32. The second-order valence-electron chi connectivity index (χ2n) is 1.89. The Morgan fingerprint density at radius 3 is 2.38 bits per heavy atom. The summed E-state index contributed by atoms with van der Waals surface area (Å²) in [4.78, 5) is 10.3. The molecular weight excluding hydrogens is 210 g/mol. The number of nitro groups is 1. The molecule has 0 spiro atoms. The van der Waals surface area contributed by atoms with E-state index in [1.165, 1.54) is 12.1 Å². The molecule has 5 heteroatoms. The van der Waals surface area contributed by atoms with E-state index >= 15 is 0 Å². The summed E-state index contributed by atoms with van der Waals surface area (Å²) in [6, 6.07) is 4.35. The van der Waals surface area contributed by atoms with Crippen LogP contribution in [0.3, 0.4) is 0 Å². The number of rotatable bonds is 1. The number of halogens is 1. The Labute approximate surface area is 87.3 Å². The van der Waals surface area contributed by atoms with Crippen molar-refractivity contribution in [3.63, 3.8) is 0 Å². The third-order valence-electron chi connectivity index (χ3n) is 1.13. The smallest absolute Gasteiger partial charge is 0.258 e. The van der Waals surface area contributed by atoms with Crippen molar-refractivity contribution in [2.24, 2.45) is 0 Å². The molecule has 13 heavy (non-hydrogen) atoms. The van der Waals surface area contributed by atoms with Gasteiger partial charge in [-0.2, -0.15) is 0 Å². The van der Waals surface area contributed by atoms with Crippen molar-refractivity contribution >= 4 is 29.9 Å². The van der Waals surface area contributed by atoms with E-state index in [2.05, 4.69) is 12.6 Å². The second kappa shape index (κ2) is 5.83. The van der Waals surface area contributed by atoms with Gasteiger partial charge in [0.25, 0.3) is 5.69 Å². The number of hydrogen-bond donors (Lipinski definition) is 1. The first-order chi connectivity index (χ1) is 6.11. The van der Waals surface area contributed by atoms with Crippen molar-refractivity contribution in [2.45, 2.75) is 18.7 Å². The Hall–Kier alpha value is -0.740. The van der Waals surface area contributed by atoms with E-state index in [0.29, 0.717) is 4.90 Å². The summed E-state index contributed by atoms with van der Waals surface area (Å²) in [6.45, 7) is 4.00. The maximum atomic E-state index is 10.3. The summed E-state index contributed by atoms with van der Waals surface area (Å²) < 4.78 is 0. The van der Waals surface area contributed by atoms with E-state index in [4.69, 9.17) is 11.6 Å². The highest BCUT2D eigenvalue weighted by atomic mass is 35.5. The van der Waals surface area contributed by atoms with E-state index in [9.17, 15) is 10.1 Å². The van der Waals surface area contributed by atoms with Gasteiger partial charge < -0.3 is 0 Å². The predicted molar refractivity (Wildman–Crippen MR) is 56.7 cm³/mol. The molecule has 3 nitrogen and oxygen atoms in total. The van der Waals surface area contributed by atoms with Gasteiger partial charge in [-0.05, 0) is 12.1 Å². The number of nitrogens with zero attached hydrogens (tertiary/aromatic N) is 1. The van der Waals surface area contributed by atoms with E-state index in [0.717, 1.165) is 0 Å². The van der Waals surface area contributed by atoms with Crippen LogP contribution in [0.25, 0.3) is 0 Å². The first-order valence-corrected chi connectivity index (χ1v) is 4.56. The lowest BCUT2D eigenvalue weighted by Crippen LogP contribution is -1.88. The van der Waals surface area contributed by atoms with Crippen molar-refractivity contribution in [3.8, 4) is 0 Å². The summed E-state index contributed by atoms with van der Waals surface area (Å²) in [7, 11) is 0. The number of thiol groups is 1. The van der Waals surface area contributed by atoms with Crippen LogP contribution >= 0.6 is 24.2 Å². The van der Waals surface area contributed by atoms with Gasteiger partial charge in [-0.3, -0.25) is 10.1 Å². The van der Waals surface area contributed by atoms with Gasteiger partial charge in [0.15, 0.2) is 0 Å². The largest absolute Gasteiger partial charge is 0.288 e. The highest BCUT2D eigenvalue weighted by molar-refractivity contribution is 7.80. The molecule has 0 aliphatic carbocycles. The fraction of sp³-hybridized carbons (Fsp3) is 0.250. The topological polar surface area (TPSA) is 43.1 Å². The van der Waals surface area contributed by atoms with Crippen molar-refractivity contribution < 1.29 is 4.92 Å². The highest BCUT2D eigenvalue weighted by Crippen LogP contribution is 2.26. The predicted octanol–water partition coefficient (Wildman–Crippen LogP) is 3.56. The molecule has 0 N–H and O–H groups in total. The lowest BCUT2D eigenvalue weighted by atomic mass is 10.3. The molecule has 0 heterocycles. The van der Waals surface area contributed by atoms with Crippen LogP contribution in [-0.4, -0.2) is 4.92 Å². The third-order valence-corrected chi connectivity index (χ3v) is 1.72. The normalized spacial score (nSPS) is 8.62.